The maximum Gasteiger partial charge on any atom is 0.187 e. The van der Waals surface area contributed by atoms with Crippen molar-refractivity contribution in [1.82, 2.24) is 4.90 Å². The molecule has 0 heterocycles. The summed E-state index contributed by atoms with van der Waals surface area (Å²) >= 11 is 0. The van der Waals surface area contributed by atoms with Gasteiger partial charge in [-0.15, -0.1) is 0 Å². The molecule has 3 heteroatoms. The number of carbonyl (C=O) groups is 1. The SMILES string of the molecule is CN(C)C=CC(=O)c1cccc(F)c1. The molecule has 2 nitrogen and oxygen atoms in total. The number of ketones is 1. The van der Waals surface area contributed by atoms with E-state index in [0.29, 0.717) is 5.56 Å². The molecule has 0 aliphatic heterocycles. The highest BCUT2D eigenvalue weighted by Crippen LogP contribution is 2.04. The molecule has 0 unspecified atom stereocenters. The number of rotatable bonds is 3. The van der Waals surface area contributed by atoms with Gasteiger partial charge in [-0.25, -0.2) is 4.39 Å². The average molecular weight is 193 g/mol. The fraction of sp³-hybridized carbons (Fsp3) is 0.182. The third kappa shape index (κ3) is 3.01. The van der Waals surface area contributed by atoms with E-state index >= 15 is 0 Å². The van der Waals surface area contributed by atoms with Crippen LogP contribution in [0.2, 0.25) is 0 Å². The largest absolute Gasteiger partial charge is 0.383 e. The number of carbonyl (C=O) groups excluding carboxylic acids is 1. The Bertz CT molecular complexity index is 358. The van der Waals surface area contributed by atoms with E-state index in [1.165, 1.54) is 24.3 Å². The molecule has 0 fully saturated rings. The zero-order valence-electron chi connectivity index (χ0n) is 8.20. The lowest BCUT2D eigenvalue weighted by Gasteiger charge is -2.02. The van der Waals surface area contributed by atoms with Crippen molar-refractivity contribution >= 4 is 5.78 Å². The third-order valence-corrected chi connectivity index (χ3v) is 1.63. The molecule has 0 atom stereocenters. The maximum atomic E-state index is 12.7. The minimum Gasteiger partial charge on any atom is -0.383 e. The third-order valence-electron chi connectivity index (χ3n) is 1.63. The summed E-state index contributed by atoms with van der Waals surface area (Å²) in [6.45, 7) is 0. The van der Waals surface area contributed by atoms with E-state index in [4.69, 9.17) is 0 Å². The number of nitrogens with zero attached hydrogens (tertiary/aromatic N) is 1. The van der Waals surface area contributed by atoms with E-state index in [9.17, 15) is 9.18 Å². The second kappa shape index (κ2) is 4.56. The molecule has 74 valence electrons. The standard InChI is InChI=1S/C11H12FNO/c1-13(2)7-6-11(14)9-4-3-5-10(12)8-9/h3-8H,1-2H3. The number of hydrogen-bond donors (Lipinski definition) is 0. The highest BCUT2D eigenvalue weighted by Gasteiger charge is 2.01. The van der Waals surface area contributed by atoms with Crippen molar-refractivity contribution in [2.45, 2.75) is 0 Å². The van der Waals surface area contributed by atoms with Gasteiger partial charge in [-0.3, -0.25) is 4.79 Å². The van der Waals surface area contributed by atoms with E-state index < -0.39 is 5.82 Å². The Labute approximate surface area is 82.7 Å². The van der Waals surface area contributed by atoms with Crippen molar-refractivity contribution in [3.05, 3.63) is 47.9 Å². The second-order valence-electron chi connectivity index (χ2n) is 3.15. The van der Waals surface area contributed by atoms with Crippen LogP contribution in [0.25, 0.3) is 0 Å². The molecule has 0 aromatic heterocycles. The maximum absolute atomic E-state index is 12.7. The monoisotopic (exact) mass is 193 g/mol. The average Bonchev–Trinajstić information content (AvgIpc) is 2.14. The molecule has 0 N–H and O–H groups in total. The second-order valence-corrected chi connectivity index (χ2v) is 3.15. The Morgan fingerprint density at radius 3 is 2.71 bits per heavy atom. The van der Waals surface area contributed by atoms with Crippen molar-refractivity contribution in [2.24, 2.45) is 0 Å². The lowest BCUT2D eigenvalue weighted by atomic mass is 10.1. The Balaban J connectivity index is 2.80. The minimum absolute atomic E-state index is 0.196. The van der Waals surface area contributed by atoms with Gasteiger partial charge in [-0.05, 0) is 12.1 Å². The molecule has 0 saturated carbocycles. The van der Waals surface area contributed by atoms with Crippen LogP contribution in [0.4, 0.5) is 4.39 Å². The Morgan fingerprint density at radius 2 is 2.14 bits per heavy atom. The van der Waals surface area contributed by atoms with Crippen LogP contribution in [-0.4, -0.2) is 24.8 Å². The van der Waals surface area contributed by atoms with E-state index in [1.807, 2.05) is 14.1 Å². The zero-order chi connectivity index (χ0) is 10.6. The summed E-state index contributed by atoms with van der Waals surface area (Å²) in [5.74, 6) is -0.590. The first kappa shape index (κ1) is 10.4. The van der Waals surface area contributed by atoms with Gasteiger partial charge in [0.2, 0.25) is 0 Å². The zero-order valence-corrected chi connectivity index (χ0v) is 8.20. The summed E-state index contributed by atoms with van der Waals surface area (Å²) in [5.41, 5.74) is 0.364. The number of allylic oxidation sites excluding steroid dienone is 1. The summed E-state index contributed by atoms with van der Waals surface area (Å²) < 4.78 is 12.7. The highest BCUT2D eigenvalue weighted by molar-refractivity contribution is 6.04. The number of halogens is 1. The molecule has 14 heavy (non-hydrogen) atoms. The summed E-state index contributed by atoms with van der Waals surface area (Å²) in [6.07, 6.45) is 3.04. The molecule has 0 aliphatic carbocycles. The fourth-order valence-corrected chi connectivity index (χ4v) is 0.955. The summed E-state index contributed by atoms with van der Waals surface area (Å²) in [7, 11) is 3.63. The molecule has 0 bridgehead atoms. The topological polar surface area (TPSA) is 20.3 Å². The lowest BCUT2D eigenvalue weighted by Crippen LogP contribution is -2.03. The van der Waals surface area contributed by atoms with Gasteiger partial charge < -0.3 is 4.90 Å². The lowest BCUT2D eigenvalue weighted by molar-refractivity contribution is 0.104. The van der Waals surface area contributed by atoms with Crippen LogP contribution in [0.3, 0.4) is 0 Å². The normalized spacial score (nSPS) is 10.5. The number of benzene rings is 1. The van der Waals surface area contributed by atoms with Crippen molar-refractivity contribution in [3.63, 3.8) is 0 Å². The Hall–Kier alpha value is -1.64. The van der Waals surface area contributed by atoms with Crippen LogP contribution in [0, 0.1) is 5.82 Å². The predicted octanol–water partition coefficient (Wildman–Crippen LogP) is 2.08. The molecule has 0 amide bonds. The molecule has 0 saturated heterocycles. The molecule has 1 rings (SSSR count). The van der Waals surface area contributed by atoms with Crippen LogP contribution >= 0.6 is 0 Å². The highest BCUT2D eigenvalue weighted by atomic mass is 19.1. The molecule has 1 aromatic carbocycles. The van der Waals surface area contributed by atoms with E-state index in [2.05, 4.69) is 0 Å². The first-order valence-electron chi connectivity index (χ1n) is 4.24. The van der Waals surface area contributed by atoms with Gasteiger partial charge in [-0.1, -0.05) is 12.1 Å². The summed E-state index contributed by atoms with van der Waals surface area (Å²) in [5, 5.41) is 0. The van der Waals surface area contributed by atoms with Gasteiger partial charge in [0, 0.05) is 31.9 Å². The molecule has 0 aliphatic rings. The van der Waals surface area contributed by atoms with Crippen LogP contribution in [0.1, 0.15) is 10.4 Å². The summed E-state index contributed by atoms with van der Waals surface area (Å²) in [6, 6.07) is 5.65. The van der Waals surface area contributed by atoms with E-state index in [1.54, 1.807) is 17.2 Å². The van der Waals surface area contributed by atoms with Gasteiger partial charge in [-0.2, -0.15) is 0 Å². The van der Waals surface area contributed by atoms with Crippen LogP contribution in [0.5, 0.6) is 0 Å². The minimum atomic E-state index is -0.394. The molecular formula is C11H12FNO. The van der Waals surface area contributed by atoms with Gasteiger partial charge in [0.05, 0.1) is 0 Å². The van der Waals surface area contributed by atoms with E-state index in [-0.39, 0.29) is 5.78 Å². The van der Waals surface area contributed by atoms with Gasteiger partial charge >= 0.3 is 0 Å². The van der Waals surface area contributed by atoms with Gasteiger partial charge in [0.15, 0.2) is 5.78 Å². The smallest absolute Gasteiger partial charge is 0.187 e. The van der Waals surface area contributed by atoms with Crippen molar-refractivity contribution < 1.29 is 9.18 Å². The number of hydrogen-bond acceptors (Lipinski definition) is 2. The quantitative estimate of drug-likeness (QED) is 0.541. The first-order valence-corrected chi connectivity index (χ1v) is 4.24. The Morgan fingerprint density at radius 1 is 1.43 bits per heavy atom. The van der Waals surface area contributed by atoms with Crippen LogP contribution in [0.15, 0.2) is 36.5 Å². The molecule has 1 aromatic rings. The fourth-order valence-electron chi connectivity index (χ4n) is 0.955. The summed E-state index contributed by atoms with van der Waals surface area (Å²) in [4.78, 5) is 13.2. The van der Waals surface area contributed by atoms with Crippen molar-refractivity contribution in [1.29, 1.82) is 0 Å². The van der Waals surface area contributed by atoms with Gasteiger partial charge in [0.25, 0.3) is 0 Å². The van der Waals surface area contributed by atoms with Crippen molar-refractivity contribution in [3.8, 4) is 0 Å². The Kier molecular flexibility index (Phi) is 3.40. The first-order chi connectivity index (χ1) is 6.59. The van der Waals surface area contributed by atoms with Crippen LogP contribution < -0.4 is 0 Å². The molecular weight excluding hydrogens is 181 g/mol. The van der Waals surface area contributed by atoms with E-state index in [0.717, 1.165) is 0 Å². The van der Waals surface area contributed by atoms with Crippen LogP contribution in [-0.2, 0) is 0 Å². The molecule has 0 radical (unpaired) electrons. The predicted molar refractivity (Wildman–Crippen MR) is 53.6 cm³/mol. The van der Waals surface area contributed by atoms with Gasteiger partial charge in [0.1, 0.15) is 5.82 Å². The molecule has 0 spiro atoms. The van der Waals surface area contributed by atoms with Crippen molar-refractivity contribution in [2.75, 3.05) is 14.1 Å².